The monoisotopic (exact) mass is 284 g/mol. The van der Waals surface area contributed by atoms with Gasteiger partial charge in [0.2, 0.25) is 0 Å². The fraction of sp³-hybridized carbons (Fsp3) is 0.600. The quantitative estimate of drug-likeness (QED) is 0.789. The van der Waals surface area contributed by atoms with E-state index >= 15 is 0 Å². The van der Waals surface area contributed by atoms with Crippen LogP contribution in [0.3, 0.4) is 0 Å². The van der Waals surface area contributed by atoms with Crippen molar-refractivity contribution in [1.82, 2.24) is 0 Å². The van der Waals surface area contributed by atoms with Gasteiger partial charge in [-0.3, -0.25) is 0 Å². The number of benzene rings is 1. The molecule has 0 aromatic heterocycles. The van der Waals surface area contributed by atoms with E-state index in [4.69, 9.17) is 25.8 Å². The molecule has 19 heavy (non-hydrogen) atoms. The Morgan fingerprint density at radius 1 is 1.26 bits per heavy atom. The minimum atomic E-state index is -0.0416. The predicted molar refractivity (Wildman–Crippen MR) is 76.4 cm³/mol. The fourth-order valence-corrected chi connectivity index (χ4v) is 2.98. The van der Waals surface area contributed by atoms with Gasteiger partial charge < -0.3 is 14.2 Å². The summed E-state index contributed by atoms with van der Waals surface area (Å²) >= 11 is 6.64. The number of methoxy groups -OCH3 is 2. The van der Waals surface area contributed by atoms with Crippen LogP contribution in [-0.2, 0) is 4.74 Å². The molecular formula is C15H21ClO3. The van der Waals surface area contributed by atoms with Crippen LogP contribution in [0.4, 0.5) is 0 Å². The second-order valence-electron chi connectivity index (χ2n) is 4.94. The Morgan fingerprint density at radius 2 is 1.95 bits per heavy atom. The van der Waals surface area contributed by atoms with E-state index in [1.54, 1.807) is 14.2 Å². The number of halogens is 1. The van der Waals surface area contributed by atoms with Gasteiger partial charge in [0.15, 0.2) is 11.5 Å². The van der Waals surface area contributed by atoms with E-state index in [2.05, 4.69) is 6.92 Å². The van der Waals surface area contributed by atoms with E-state index < -0.39 is 0 Å². The summed E-state index contributed by atoms with van der Waals surface area (Å²) in [7, 11) is 3.29. The lowest BCUT2D eigenvalue weighted by Gasteiger charge is -2.27. The van der Waals surface area contributed by atoms with Crippen LogP contribution in [0.1, 0.15) is 29.3 Å². The van der Waals surface area contributed by atoms with Gasteiger partial charge in [0.1, 0.15) is 0 Å². The lowest BCUT2D eigenvalue weighted by molar-refractivity contribution is 0.0531. The van der Waals surface area contributed by atoms with Crippen LogP contribution in [0.25, 0.3) is 0 Å². The molecule has 0 N–H and O–H groups in total. The van der Waals surface area contributed by atoms with E-state index in [9.17, 15) is 0 Å². The van der Waals surface area contributed by atoms with Crippen LogP contribution in [0.5, 0.6) is 11.5 Å². The van der Waals surface area contributed by atoms with Crippen LogP contribution in [-0.4, -0.2) is 27.4 Å². The number of hydrogen-bond acceptors (Lipinski definition) is 3. The molecule has 1 aromatic carbocycles. The molecule has 1 fully saturated rings. The summed E-state index contributed by atoms with van der Waals surface area (Å²) in [6, 6.07) is 3.97. The van der Waals surface area contributed by atoms with Gasteiger partial charge >= 0.3 is 0 Å². The average molecular weight is 285 g/mol. The molecule has 1 aliphatic heterocycles. The first-order chi connectivity index (χ1) is 9.17. The maximum Gasteiger partial charge on any atom is 0.161 e. The largest absolute Gasteiger partial charge is 0.493 e. The third-order valence-corrected chi connectivity index (χ3v) is 4.27. The molecule has 2 unspecified atom stereocenters. The summed E-state index contributed by atoms with van der Waals surface area (Å²) in [5, 5.41) is -0.0416. The summed E-state index contributed by atoms with van der Waals surface area (Å²) in [6.45, 7) is 3.64. The van der Waals surface area contributed by atoms with Gasteiger partial charge in [0.05, 0.1) is 26.2 Å². The summed E-state index contributed by atoms with van der Waals surface area (Å²) in [5.74, 6) is 1.84. The zero-order chi connectivity index (χ0) is 13.8. The first-order valence-corrected chi connectivity index (χ1v) is 7.05. The fourth-order valence-electron chi connectivity index (χ4n) is 2.54. The summed E-state index contributed by atoms with van der Waals surface area (Å²) < 4.78 is 16.2. The molecule has 0 amide bonds. The number of aryl methyl sites for hydroxylation is 1. The molecule has 2 atom stereocenters. The molecule has 1 aliphatic rings. The SMILES string of the molecule is COc1cc(C)c(C(Cl)C2CCCOC2)cc1OC. The predicted octanol–water partition coefficient (Wildman–Crippen LogP) is 3.72. The number of ether oxygens (including phenoxy) is 3. The van der Waals surface area contributed by atoms with Gasteiger partial charge in [0, 0.05) is 12.5 Å². The highest BCUT2D eigenvalue weighted by Gasteiger charge is 2.26. The molecule has 0 radical (unpaired) electrons. The van der Waals surface area contributed by atoms with Crippen LogP contribution in [0, 0.1) is 12.8 Å². The summed E-state index contributed by atoms with van der Waals surface area (Å²) in [5.41, 5.74) is 2.23. The zero-order valence-corrected chi connectivity index (χ0v) is 12.5. The molecule has 1 saturated heterocycles. The van der Waals surface area contributed by atoms with Crippen molar-refractivity contribution < 1.29 is 14.2 Å². The lowest BCUT2D eigenvalue weighted by Crippen LogP contribution is -2.21. The third-order valence-electron chi connectivity index (χ3n) is 3.68. The zero-order valence-electron chi connectivity index (χ0n) is 11.7. The van der Waals surface area contributed by atoms with Crippen molar-refractivity contribution in [2.24, 2.45) is 5.92 Å². The number of hydrogen-bond donors (Lipinski definition) is 0. The van der Waals surface area contributed by atoms with Crippen molar-refractivity contribution in [3.63, 3.8) is 0 Å². The number of rotatable bonds is 4. The van der Waals surface area contributed by atoms with Gasteiger partial charge in [-0.15, -0.1) is 11.6 Å². The summed E-state index contributed by atoms with van der Waals surface area (Å²) in [6.07, 6.45) is 2.20. The van der Waals surface area contributed by atoms with Gasteiger partial charge in [-0.2, -0.15) is 0 Å². The average Bonchev–Trinajstić information content (AvgIpc) is 2.47. The van der Waals surface area contributed by atoms with Crippen LogP contribution >= 0.6 is 11.6 Å². The van der Waals surface area contributed by atoms with E-state index in [0.29, 0.717) is 5.92 Å². The Balaban J connectivity index is 2.27. The molecule has 0 saturated carbocycles. The lowest BCUT2D eigenvalue weighted by atomic mass is 9.91. The third kappa shape index (κ3) is 3.15. The maximum atomic E-state index is 6.64. The Kier molecular flexibility index (Phi) is 4.94. The minimum absolute atomic E-state index is 0.0416. The minimum Gasteiger partial charge on any atom is -0.493 e. The topological polar surface area (TPSA) is 27.7 Å². The van der Waals surface area contributed by atoms with Crippen LogP contribution in [0.15, 0.2) is 12.1 Å². The van der Waals surface area contributed by atoms with E-state index in [1.807, 2.05) is 12.1 Å². The number of alkyl halides is 1. The van der Waals surface area contributed by atoms with Crippen molar-refractivity contribution in [1.29, 1.82) is 0 Å². The van der Waals surface area contributed by atoms with Crippen LogP contribution in [0.2, 0.25) is 0 Å². The first-order valence-electron chi connectivity index (χ1n) is 6.61. The molecule has 106 valence electrons. The Morgan fingerprint density at radius 3 is 2.53 bits per heavy atom. The molecule has 1 aromatic rings. The van der Waals surface area contributed by atoms with Crippen LogP contribution < -0.4 is 9.47 Å². The van der Waals surface area contributed by atoms with Crippen molar-refractivity contribution in [2.75, 3.05) is 27.4 Å². The molecule has 1 heterocycles. The van der Waals surface area contributed by atoms with Crippen molar-refractivity contribution in [3.8, 4) is 11.5 Å². The Labute approximate surface area is 119 Å². The normalized spacial score (nSPS) is 20.9. The standard InChI is InChI=1S/C15H21ClO3/c1-10-7-13(17-2)14(18-3)8-12(10)15(16)11-5-4-6-19-9-11/h7-8,11,15H,4-6,9H2,1-3H3. The highest BCUT2D eigenvalue weighted by molar-refractivity contribution is 6.21. The van der Waals surface area contributed by atoms with Crippen molar-refractivity contribution >= 4 is 11.6 Å². The maximum absolute atomic E-state index is 6.64. The second kappa shape index (κ2) is 6.49. The first kappa shape index (κ1) is 14.5. The van der Waals surface area contributed by atoms with E-state index in [0.717, 1.165) is 48.7 Å². The van der Waals surface area contributed by atoms with Gasteiger partial charge in [0.25, 0.3) is 0 Å². The Hall–Kier alpha value is -0.930. The Bertz CT molecular complexity index is 428. The van der Waals surface area contributed by atoms with Crippen molar-refractivity contribution in [2.45, 2.75) is 25.1 Å². The highest BCUT2D eigenvalue weighted by Crippen LogP contribution is 2.40. The van der Waals surface area contributed by atoms with Gasteiger partial charge in [-0.25, -0.2) is 0 Å². The molecule has 4 heteroatoms. The second-order valence-corrected chi connectivity index (χ2v) is 5.41. The molecular weight excluding hydrogens is 264 g/mol. The molecule has 3 nitrogen and oxygen atoms in total. The smallest absolute Gasteiger partial charge is 0.161 e. The molecule has 0 spiro atoms. The van der Waals surface area contributed by atoms with Gasteiger partial charge in [-0.1, -0.05) is 0 Å². The summed E-state index contributed by atoms with van der Waals surface area (Å²) in [4.78, 5) is 0. The molecule has 2 rings (SSSR count). The highest BCUT2D eigenvalue weighted by atomic mass is 35.5. The molecule has 0 bridgehead atoms. The van der Waals surface area contributed by atoms with E-state index in [-0.39, 0.29) is 5.38 Å². The van der Waals surface area contributed by atoms with Crippen molar-refractivity contribution in [3.05, 3.63) is 23.3 Å². The molecule has 0 aliphatic carbocycles. The van der Waals surface area contributed by atoms with E-state index in [1.165, 1.54) is 0 Å². The van der Waals surface area contributed by atoms with Gasteiger partial charge in [-0.05, 0) is 43.0 Å².